The molecule has 9 heteroatoms. The lowest BCUT2D eigenvalue weighted by Gasteiger charge is -2.32. The van der Waals surface area contributed by atoms with E-state index in [0.29, 0.717) is 17.1 Å². The first-order valence-electron chi connectivity index (χ1n) is 12.8. The summed E-state index contributed by atoms with van der Waals surface area (Å²) in [6.45, 7) is 4.18. The van der Waals surface area contributed by atoms with Crippen molar-refractivity contribution in [2.24, 2.45) is 0 Å². The van der Waals surface area contributed by atoms with Gasteiger partial charge in [0.05, 0.1) is 11.9 Å². The number of nitrogens with one attached hydrogen (secondary N) is 1. The quantitative estimate of drug-likeness (QED) is 0.336. The number of amides is 2. The number of likely N-dealkylation sites (N-methyl/N-ethyl adjacent to an activating group) is 1. The van der Waals surface area contributed by atoms with Crippen LogP contribution in [-0.2, 0) is 32.6 Å². The number of hydrogen-bond acceptors (Lipinski definition) is 4. The highest BCUT2D eigenvalue weighted by Crippen LogP contribution is 2.24. The third-order valence-electron chi connectivity index (χ3n) is 6.75. The number of carbonyl (C=O) groups is 2. The molecular formula is C30H36ClN3O4S. The van der Waals surface area contributed by atoms with Crippen LogP contribution in [0.5, 0.6) is 0 Å². The Morgan fingerprint density at radius 3 is 2.23 bits per heavy atom. The predicted octanol–water partition coefficient (Wildman–Crippen LogP) is 4.89. The van der Waals surface area contributed by atoms with E-state index in [9.17, 15) is 18.0 Å². The minimum Gasteiger partial charge on any atom is -0.357 e. The number of halogens is 1. The normalized spacial score (nSPS) is 12.0. The van der Waals surface area contributed by atoms with E-state index in [0.717, 1.165) is 28.5 Å². The zero-order valence-electron chi connectivity index (χ0n) is 22.9. The topological polar surface area (TPSA) is 86.8 Å². The van der Waals surface area contributed by atoms with E-state index in [4.69, 9.17) is 11.6 Å². The van der Waals surface area contributed by atoms with Gasteiger partial charge >= 0.3 is 0 Å². The molecule has 3 aromatic rings. The molecule has 3 aromatic carbocycles. The van der Waals surface area contributed by atoms with Gasteiger partial charge in [-0.3, -0.25) is 13.9 Å². The van der Waals surface area contributed by atoms with Crippen molar-refractivity contribution >= 4 is 39.1 Å². The van der Waals surface area contributed by atoms with Crippen LogP contribution in [0.4, 0.5) is 5.69 Å². The summed E-state index contributed by atoms with van der Waals surface area (Å²) in [4.78, 5) is 28.3. The largest absolute Gasteiger partial charge is 0.357 e. The van der Waals surface area contributed by atoms with Crippen LogP contribution in [0.3, 0.4) is 0 Å². The zero-order chi connectivity index (χ0) is 28.6. The summed E-state index contributed by atoms with van der Waals surface area (Å²) in [7, 11) is -2.02. The number of carbonyl (C=O) groups excluding carboxylic acids is 2. The highest BCUT2D eigenvalue weighted by atomic mass is 35.5. The number of hydrogen-bond donors (Lipinski definition) is 1. The van der Waals surface area contributed by atoms with Crippen LogP contribution >= 0.6 is 11.6 Å². The molecule has 0 saturated carbocycles. The van der Waals surface area contributed by atoms with Crippen molar-refractivity contribution in [2.45, 2.75) is 45.7 Å². The molecule has 2 amide bonds. The van der Waals surface area contributed by atoms with Gasteiger partial charge in [0.1, 0.15) is 6.04 Å². The minimum atomic E-state index is -3.57. The number of rotatable bonds is 12. The summed E-state index contributed by atoms with van der Waals surface area (Å²) in [6.07, 6.45) is 1.83. The van der Waals surface area contributed by atoms with E-state index in [-0.39, 0.29) is 37.7 Å². The highest BCUT2D eigenvalue weighted by Gasteiger charge is 2.30. The molecule has 0 unspecified atom stereocenters. The average molecular weight is 570 g/mol. The summed E-state index contributed by atoms with van der Waals surface area (Å²) < 4.78 is 26.6. The van der Waals surface area contributed by atoms with Crippen molar-refractivity contribution in [1.29, 1.82) is 0 Å². The molecule has 7 nitrogen and oxygen atoms in total. The fourth-order valence-electron chi connectivity index (χ4n) is 4.42. The van der Waals surface area contributed by atoms with Gasteiger partial charge in [-0.15, -0.1) is 0 Å². The Hall–Kier alpha value is -3.36. The first-order chi connectivity index (χ1) is 18.5. The van der Waals surface area contributed by atoms with Gasteiger partial charge in [0.25, 0.3) is 0 Å². The molecule has 208 valence electrons. The van der Waals surface area contributed by atoms with Crippen molar-refractivity contribution in [1.82, 2.24) is 10.2 Å². The molecule has 0 aliphatic heterocycles. The Bertz CT molecular complexity index is 1400. The van der Waals surface area contributed by atoms with Crippen LogP contribution < -0.4 is 9.62 Å². The number of sulfonamides is 1. The Kier molecular flexibility index (Phi) is 10.5. The molecule has 0 aliphatic carbocycles. The first kappa shape index (κ1) is 30.2. The van der Waals surface area contributed by atoms with Crippen LogP contribution in [0, 0.1) is 13.8 Å². The van der Waals surface area contributed by atoms with Crippen LogP contribution in [0.25, 0.3) is 0 Å². The van der Waals surface area contributed by atoms with Crippen LogP contribution in [0.2, 0.25) is 5.02 Å². The molecule has 0 aliphatic rings. The molecule has 0 heterocycles. The molecule has 0 aromatic heterocycles. The number of anilines is 1. The zero-order valence-corrected chi connectivity index (χ0v) is 24.4. The van der Waals surface area contributed by atoms with Crippen molar-refractivity contribution < 1.29 is 18.0 Å². The second-order valence-electron chi connectivity index (χ2n) is 9.64. The van der Waals surface area contributed by atoms with Gasteiger partial charge in [-0.1, -0.05) is 66.2 Å². The maximum absolute atomic E-state index is 13.7. The van der Waals surface area contributed by atoms with Gasteiger partial charge in [0.2, 0.25) is 21.8 Å². The summed E-state index contributed by atoms with van der Waals surface area (Å²) in [5.74, 6) is -0.542. The minimum absolute atomic E-state index is 0.0591. The van der Waals surface area contributed by atoms with E-state index in [1.165, 1.54) is 4.31 Å². The molecule has 0 spiro atoms. The molecule has 0 bridgehead atoms. The van der Waals surface area contributed by atoms with Crippen LogP contribution in [-0.4, -0.2) is 51.0 Å². The molecule has 1 atom stereocenters. The van der Waals surface area contributed by atoms with E-state index in [1.54, 1.807) is 24.1 Å². The van der Waals surface area contributed by atoms with Crippen molar-refractivity contribution in [3.05, 3.63) is 100 Å². The van der Waals surface area contributed by atoms with Gasteiger partial charge in [-0.2, -0.15) is 0 Å². The van der Waals surface area contributed by atoms with E-state index >= 15 is 0 Å². The summed E-state index contributed by atoms with van der Waals surface area (Å²) in [5, 5.41) is 3.20. The van der Waals surface area contributed by atoms with Gasteiger partial charge in [0.15, 0.2) is 0 Å². The number of aryl methyl sites for hydroxylation is 2. The lowest BCUT2D eigenvalue weighted by Crippen LogP contribution is -2.49. The molecule has 0 fully saturated rings. The van der Waals surface area contributed by atoms with E-state index < -0.39 is 16.1 Å². The average Bonchev–Trinajstić information content (AvgIpc) is 2.90. The van der Waals surface area contributed by atoms with Gasteiger partial charge in [-0.25, -0.2) is 8.42 Å². The van der Waals surface area contributed by atoms with Crippen molar-refractivity contribution in [3.63, 3.8) is 0 Å². The number of benzene rings is 3. The molecule has 39 heavy (non-hydrogen) atoms. The predicted molar refractivity (Wildman–Crippen MR) is 157 cm³/mol. The second kappa shape index (κ2) is 13.6. The Labute approximate surface area is 236 Å². The Balaban J connectivity index is 1.86. The smallest absolute Gasteiger partial charge is 0.242 e. The SMILES string of the molecule is CNC(=O)[C@@H](Cc1ccccc1)N(Cc1ccccc1Cl)C(=O)CCCN(c1ccc(C)c(C)c1)S(C)(=O)=O. The van der Waals surface area contributed by atoms with Crippen molar-refractivity contribution in [3.8, 4) is 0 Å². The number of nitrogens with zero attached hydrogens (tertiary/aromatic N) is 2. The fourth-order valence-corrected chi connectivity index (χ4v) is 5.57. The van der Waals surface area contributed by atoms with Crippen LogP contribution in [0.1, 0.15) is 35.1 Å². The maximum Gasteiger partial charge on any atom is 0.242 e. The molecule has 0 radical (unpaired) electrons. The lowest BCUT2D eigenvalue weighted by atomic mass is 10.0. The molecule has 0 saturated heterocycles. The maximum atomic E-state index is 13.7. The summed E-state index contributed by atoms with van der Waals surface area (Å²) in [6, 6.07) is 21.5. The summed E-state index contributed by atoms with van der Waals surface area (Å²) >= 11 is 6.43. The first-order valence-corrected chi connectivity index (χ1v) is 15.1. The van der Waals surface area contributed by atoms with Crippen LogP contribution in [0.15, 0.2) is 72.8 Å². The standard InChI is InChI=1S/C30H36ClN3O4S/c1-22-16-17-26(19-23(22)2)34(39(4,37)38)18-10-15-29(35)33(21-25-13-8-9-14-27(25)31)28(30(36)32-3)20-24-11-6-5-7-12-24/h5-9,11-14,16-17,19,28H,10,15,18,20-21H2,1-4H3,(H,32,36)/t28-/m1/s1. The highest BCUT2D eigenvalue weighted by molar-refractivity contribution is 7.92. The molecule has 1 N–H and O–H groups in total. The van der Waals surface area contributed by atoms with E-state index in [1.807, 2.05) is 74.5 Å². The molecule has 3 rings (SSSR count). The van der Waals surface area contributed by atoms with Gasteiger partial charge < -0.3 is 10.2 Å². The second-order valence-corrected chi connectivity index (χ2v) is 12.0. The Morgan fingerprint density at radius 2 is 1.62 bits per heavy atom. The fraction of sp³-hybridized carbons (Fsp3) is 0.333. The third-order valence-corrected chi connectivity index (χ3v) is 8.31. The van der Waals surface area contributed by atoms with Gasteiger partial charge in [0, 0.05) is 38.0 Å². The monoisotopic (exact) mass is 569 g/mol. The molecular weight excluding hydrogens is 534 g/mol. The lowest BCUT2D eigenvalue weighted by molar-refractivity contribution is -0.141. The Morgan fingerprint density at radius 1 is 0.949 bits per heavy atom. The van der Waals surface area contributed by atoms with E-state index in [2.05, 4.69) is 5.32 Å². The summed E-state index contributed by atoms with van der Waals surface area (Å²) in [5.41, 5.74) is 4.26. The van der Waals surface area contributed by atoms with Gasteiger partial charge in [-0.05, 0) is 60.7 Å². The van der Waals surface area contributed by atoms with Crippen molar-refractivity contribution in [2.75, 3.05) is 24.2 Å². The third kappa shape index (κ3) is 8.31.